The molecular formula is C23H24N4O3S. The third-order valence-corrected chi connectivity index (χ3v) is 6.80. The number of amides is 2. The van der Waals surface area contributed by atoms with Gasteiger partial charge < -0.3 is 14.6 Å². The van der Waals surface area contributed by atoms with Gasteiger partial charge in [-0.1, -0.05) is 30.3 Å². The summed E-state index contributed by atoms with van der Waals surface area (Å²) in [4.78, 5) is 35.0. The van der Waals surface area contributed by atoms with Crippen LogP contribution in [0.5, 0.6) is 0 Å². The molecular weight excluding hydrogens is 412 g/mol. The maximum atomic E-state index is 12.8. The van der Waals surface area contributed by atoms with Gasteiger partial charge in [0.1, 0.15) is 5.76 Å². The van der Waals surface area contributed by atoms with Crippen LogP contribution in [0.2, 0.25) is 0 Å². The molecule has 5 rings (SSSR count). The Labute approximate surface area is 184 Å². The number of nitrogens with one attached hydrogen (secondary N) is 1. The summed E-state index contributed by atoms with van der Waals surface area (Å²) in [6.07, 6.45) is 2.70. The SMILES string of the molecule is O=C(Nc1nc2c(s1)CN(Cc1ccccc1)CC2)[C@@H]1CC(=O)N(Cc2ccco2)C1. The second kappa shape index (κ2) is 8.64. The zero-order chi connectivity index (χ0) is 21.2. The zero-order valence-corrected chi connectivity index (χ0v) is 17.9. The lowest BCUT2D eigenvalue weighted by atomic mass is 10.1. The summed E-state index contributed by atoms with van der Waals surface area (Å²) < 4.78 is 5.32. The van der Waals surface area contributed by atoms with E-state index in [4.69, 9.17) is 4.42 Å². The highest BCUT2D eigenvalue weighted by Crippen LogP contribution is 2.30. The second-order valence-electron chi connectivity index (χ2n) is 8.08. The van der Waals surface area contributed by atoms with Crippen LogP contribution in [0.3, 0.4) is 0 Å². The van der Waals surface area contributed by atoms with Gasteiger partial charge in [-0.05, 0) is 17.7 Å². The molecule has 160 valence electrons. The number of fused-ring (bicyclic) bond motifs is 1. The van der Waals surface area contributed by atoms with Gasteiger partial charge in [0.25, 0.3) is 0 Å². The monoisotopic (exact) mass is 436 g/mol. The van der Waals surface area contributed by atoms with E-state index in [2.05, 4.69) is 39.5 Å². The van der Waals surface area contributed by atoms with Crippen LogP contribution in [0.4, 0.5) is 5.13 Å². The van der Waals surface area contributed by atoms with E-state index >= 15 is 0 Å². The predicted octanol–water partition coefficient (Wildman–Crippen LogP) is 3.28. The number of carbonyl (C=O) groups excluding carboxylic acids is 2. The van der Waals surface area contributed by atoms with Crippen molar-refractivity contribution in [1.82, 2.24) is 14.8 Å². The Kier molecular flexibility index (Phi) is 5.57. The van der Waals surface area contributed by atoms with Crippen LogP contribution in [0, 0.1) is 5.92 Å². The average molecular weight is 437 g/mol. The van der Waals surface area contributed by atoms with Gasteiger partial charge in [0, 0.05) is 43.9 Å². The summed E-state index contributed by atoms with van der Waals surface area (Å²) in [7, 11) is 0. The first-order valence-electron chi connectivity index (χ1n) is 10.5. The first kappa shape index (κ1) is 20.0. The molecule has 0 saturated carbocycles. The first-order chi connectivity index (χ1) is 15.1. The van der Waals surface area contributed by atoms with Gasteiger partial charge in [-0.2, -0.15) is 0 Å². The van der Waals surface area contributed by atoms with Crippen molar-refractivity contribution in [2.24, 2.45) is 5.92 Å². The van der Waals surface area contributed by atoms with Crippen molar-refractivity contribution >= 4 is 28.3 Å². The van der Waals surface area contributed by atoms with E-state index in [-0.39, 0.29) is 24.2 Å². The fourth-order valence-corrected chi connectivity index (χ4v) is 5.23. The van der Waals surface area contributed by atoms with Crippen molar-refractivity contribution in [3.05, 3.63) is 70.6 Å². The molecule has 2 amide bonds. The average Bonchev–Trinajstić information content (AvgIpc) is 3.49. The van der Waals surface area contributed by atoms with Crippen LogP contribution in [0.1, 0.15) is 28.3 Å². The molecule has 1 atom stereocenters. The summed E-state index contributed by atoms with van der Waals surface area (Å²) >= 11 is 1.54. The number of carbonyl (C=O) groups is 2. The molecule has 2 aromatic heterocycles. The van der Waals surface area contributed by atoms with Crippen molar-refractivity contribution < 1.29 is 14.0 Å². The Balaban J connectivity index is 1.18. The van der Waals surface area contributed by atoms with E-state index in [0.29, 0.717) is 18.2 Å². The molecule has 8 heteroatoms. The van der Waals surface area contributed by atoms with Gasteiger partial charge in [0.15, 0.2) is 5.13 Å². The van der Waals surface area contributed by atoms with Crippen molar-refractivity contribution in [1.29, 1.82) is 0 Å². The van der Waals surface area contributed by atoms with E-state index in [1.165, 1.54) is 10.4 Å². The quantitative estimate of drug-likeness (QED) is 0.642. The molecule has 7 nitrogen and oxygen atoms in total. The molecule has 2 aliphatic heterocycles. The van der Waals surface area contributed by atoms with Gasteiger partial charge in [0.05, 0.1) is 24.4 Å². The number of hydrogen-bond acceptors (Lipinski definition) is 6. The minimum Gasteiger partial charge on any atom is -0.467 e. The van der Waals surface area contributed by atoms with Crippen LogP contribution in [-0.4, -0.2) is 39.7 Å². The van der Waals surface area contributed by atoms with Crippen molar-refractivity contribution in [3.8, 4) is 0 Å². The number of likely N-dealkylation sites (tertiary alicyclic amines) is 1. The van der Waals surface area contributed by atoms with Gasteiger partial charge in [-0.15, -0.1) is 11.3 Å². The zero-order valence-electron chi connectivity index (χ0n) is 17.1. The van der Waals surface area contributed by atoms with E-state index in [1.807, 2.05) is 12.1 Å². The van der Waals surface area contributed by atoms with Crippen LogP contribution in [0.15, 0.2) is 53.1 Å². The van der Waals surface area contributed by atoms with Crippen molar-refractivity contribution in [2.45, 2.75) is 32.5 Å². The Morgan fingerprint density at radius 1 is 1.19 bits per heavy atom. The lowest BCUT2D eigenvalue weighted by Crippen LogP contribution is -2.29. The molecule has 0 unspecified atom stereocenters. The number of nitrogens with zero attached hydrogens (tertiary/aromatic N) is 3. The fourth-order valence-electron chi connectivity index (χ4n) is 4.18. The summed E-state index contributed by atoms with van der Waals surface area (Å²) in [6.45, 7) is 3.52. The van der Waals surface area contributed by atoms with Gasteiger partial charge in [-0.25, -0.2) is 4.98 Å². The molecule has 1 N–H and O–H groups in total. The number of benzene rings is 1. The molecule has 0 bridgehead atoms. The van der Waals surface area contributed by atoms with Crippen molar-refractivity contribution in [3.63, 3.8) is 0 Å². The summed E-state index contributed by atoms with van der Waals surface area (Å²) in [5.74, 6) is 0.203. The Morgan fingerprint density at radius 3 is 2.87 bits per heavy atom. The molecule has 1 fully saturated rings. The minimum absolute atomic E-state index is 0.0217. The van der Waals surface area contributed by atoms with E-state index in [0.717, 1.165) is 37.5 Å². The molecule has 1 aromatic carbocycles. The van der Waals surface area contributed by atoms with Crippen LogP contribution in [-0.2, 0) is 35.6 Å². The lowest BCUT2D eigenvalue weighted by molar-refractivity contribution is -0.128. The predicted molar refractivity (Wildman–Crippen MR) is 117 cm³/mol. The van der Waals surface area contributed by atoms with Gasteiger partial charge in [0.2, 0.25) is 11.8 Å². The summed E-state index contributed by atoms with van der Waals surface area (Å²) in [6, 6.07) is 14.1. The summed E-state index contributed by atoms with van der Waals surface area (Å²) in [5.41, 5.74) is 2.38. The van der Waals surface area contributed by atoms with E-state index in [9.17, 15) is 9.59 Å². The molecule has 4 heterocycles. The molecule has 0 aliphatic carbocycles. The second-order valence-corrected chi connectivity index (χ2v) is 9.16. The van der Waals surface area contributed by atoms with Gasteiger partial charge >= 0.3 is 0 Å². The maximum absolute atomic E-state index is 12.8. The third-order valence-electron chi connectivity index (χ3n) is 5.80. The molecule has 0 radical (unpaired) electrons. The largest absolute Gasteiger partial charge is 0.467 e. The van der Waals surface area contributed by atoms with Crippen LogP contribution >= 0.6 is 11.3 Å². The van der Waals surface area contributed by atoms with Gasteiger partial charge in [-0.3, -0.25) is 14.5 Å². The minimum atomic E-state index is -0.363. The highest BCUT2D eigenvalue weighted by atomic mass is 32.1. The number of anilines is 1. The fraction of sp³-hybridized carbons (Fsp3) is 0.348. The third kappa shape index (κ3) is 4.55. The van der Waals surface area contributed by atoms with E-state index in [1.54, 1.807) is 28.6 Å². The van der Waals surface area contributed by atoms with Crippen molar-refractivity contribution in [2.75, 3.05) is 18.4 Å². The lowest BCUT2D eigenvalue weighted by Gasteiger charge is -2.25. The van der Waals surface area contributed by atoms with E-state index < -0.39 is 0 Å². The number of thiazole rings is 1. The Morgan fingerprint density at radius 2 is 2.06 bits per heavy atom. The number of aromatic nitrogens is 1. The standard InChI is InChI=1S/C23H24N4O3S/c28-21-11-17(13-27(21)14-18-7-4-10-30-18)22(29)25-23-24-19-8-9-26(15-20(19)31-23)12-16-5-2-1-3-6-16/h1-7,10,17H,8-9,11-15H2,(H,24,25,29)/t17-/m1/s1. The normalized spacial score (nSPS) is 18.9. The smallest absolute Gasteiger partial charge is 0.231 e. The van der Waals surface area contributed by atoms with Crippen LogP contribution < -0.4 is 5.32 Å². The van der Waals surface area contributed by atoms with Crippen LogP contribution in [0.25, 0.3) is 0 Å². The number of furan rings is 1. The summed E-state index contributed by atoms with van der Waals surface area (Å²) in [5, 5.41) is 3.59. The highest BCUT2D eigenvalue weighted by molar-refractivity contribution is 7.15. The number of rotatable bonds is 6. The molecule has 1 saturated heterocycles. The molecule has 3 aromatic rings. The Bertz CT molecular complexity index is 1060. The molecule has 2 aliphatic rings. The number of hydrogen-bond donors (Lipinski definition) is 1. The highest BCUT2D eigenvalue weighted by Gasteiger charge is 2.35. The maximum Gasteiger partial charge on any atom is 0.231 e. The first-order valence-corrected chi connectivity index (χ1v) is 11.3. The molecule has 0 spiro atoms. The Hall–Kier alpha value is -2.97. The molecule has 31 heavy (non-hydrogen) atoms. The topological polar surface area (TPSA) is 78.7 Å².